The predicted octanol–water partition coefficient (Wildman–Crippen LogP) is 5.86. The summed E-state index contributed by atoms with van der Waals surface area (Å²) in [5.74, 6) is 0.275. The standard InChI is InChI=1S/C24H17NO2/c26-22-14-6-3-10-18(22)24-21(13-7-15-23(24)27)25-19-11-4-1-8-16(19)17-9-2-5-12-20(17)25/h1-15,26-27H. The van der Waals surface area contributed by atoms with Crippen LogP contribution >= 0.6 is 0 Å². The van der Waals surface area contributed by atoms with Gasteiger partial charge in [-0.3, -0.25) is 0 Å². The third-order valence-electron chi connectivity index (χ3n) is 5.01. The minimum atomic E-state index is 0.135. The van der Waals surface area contributed by atoms with Crippen LogP contribution in [0.25, 0.3) is 38.6 Å². The van der Waals surface area contributed by atoms with E-state index in [0.29, 0.717) is 11.1 Å². The second kappa shape index (κ2) is 5.92. The second-order valence-electron chi connectivity index (χ2n) is 6.56. The van der Waals surface area contributed by atoms with Crippen molar-refractivity contribution in [2.75, 3.05) is 0 Å². The van der Waals surface area contributed by atoms with Crippen LogP contribution in [0, 0.1) is 0 Å². The quantitative estimate of drug-likeness (QED) is 0.418. The number of nitrogens with zero attached hydrogens (tertiary/aromatic N) is 1. The third-order valence-corrected chi connectivity index (χ3v) is 5.01. The van der Waals surface area contributed by atoms with Crippen molar-refractivity contribution in [3.8, 4) is 28.3 Å². The lowest BCUT2D eigenvalue weighted by atomic mass is 10.0. The number of rotatable bonds is 2. The Bertz CT molecular complexity index is 1250. The van der Waals surface area contributed by atoms with E-state index in [1.54, 1.807) is 18.2 Å². The first-order chi connectivity index (χ1) is 13.3. The summed E-state index contributed by atoms with van der Waals surface area (Å²) in [6.45, 7) is 0. The summed E-state index contributed by atoms with van der Waals surface area (Å²) >= 11 is 0. The van der Waals surface area contributed by atoms with Crippen LogP contribution in [0.2, 0.25) is 0 Å². The number of phenolic OH excluding ortho intramolecular Hbond substituents is 2. The maximum atomic E-state index is 10.7. The molecule has 0 spiro atoms. The summed E-state index contributed by atoms with van der Waals surface area (Å²) in [5, 5.41) is 23.4. The van der Waals surface area contributed by atoms with Crippen LogP contribution in [-0.2, 0) is 0 Å². The zero-order valence-electron chi connectivity index (χ0n) is 14.5. The second-order valence-corrected chi connectivity index (χ2v) is 6.56. The fraction of sp³-hybridized carbons (Fsp3) is 0. The maximum absolute atomic E-state index is 10.7. The number of hydrogen-bond donors (Lipinski definition) is 2. The van der Waals surface area contributed by atoms with Crippen LogP contribution in [0.3, 0.4) is 0 Å². The molecule has 0 aliphatic carbocycles. The first-order valence-electron chi connectivity index (χ1n) is 8.84. The number of aromatic hydroxyl groups is 2. The molecule has 3 nitrogen and oxygen atoms in total. The number of hydrogen-bond acceptors (Lipinski definition) is 2. The molecule has 5 aromatic rings. The number of benzene rings is 4. The average Bonchev–Trinajstić information content (AvgIpc) is 3.03. The van der Waals surface area contributed by atoms with Crippen LogP contribution < -0.4 is 0 Å². The van der Waals surface area contributed by atoms with Crippen LogP contribution in [0.4, 0.5) is 0 Å². The highest BCUT2D eigenvalue weighted by Gasteiger charge is 2.18. The first-order valence-corrected chi connectivity index (χ1v) is 8.84. The topological polar surface area (TPSA) is 45.4 Å². The van der Waals surface area contributed by atoms with E-state index in [0.717, 1.165) is 27.5 Å². The molecule has 0 aliphatic rings. The lowest BCUT2D eigenvalue weighted by Crippen LogP contribution is -1.97. The Morgan fingerprint density at radius 2 is 1.07 bits per heavy atom. The van der Waals surface area contributed by atoms with Crippen molar-refractivity contribution in [1.82, 2.24) is 4.57 Å². The molecule has 0 saturated carbocycles. The largest absolute Gasteiger partial charge is 0.507 e. The molecule has 1 heterocycles. The molecule has 1 aromatic heterocycles. The highest BCUT2D eigenvalue weighted by atomic mass is 16.3. The number of phenols is 2. The van der Waals surface area contributed by atoms with Crippen molar-refractivity contribution >= 4 is 21.8 Å². The molecule has 130 valence electrons. The Kier molecular flexibility index (Phi) is 3.41. The smallest absolute Gasteiger partial charge is 0.125 e. The molecular weight excluding hydrogens is 334 g/mol. The Labute approximate surface area is 156 Å². The predicted molar refractivity (Wildman–Crippen MR) is 110 cm³/mol. The fourth-order valence-corrected chi connectivity index (χ4v) is 3.86. The van der Waals surface area contributed by atoms with Gasteiger partial charge in [0, 0.05) is 16.3 Å². The summed E-state index contributed by atoms with van der Waals surface area (Å²) in [5.41, 5.74) is 4.16. The van der Waals surface area contributed by atoms with Gasteiger partial charge in [0.1, 0.15) is 11.5 Å². The van der Waals surface area contributed by atoms with Gasteiger partial charge >= 0.3 is 0 Å². The van der Waals surface area contributed by atoms with Crippen LogP contribution in [0.15, 0.2) is 91.0 Å². The van der Waals surface area contributed by atoms with E-state index in [2.05, 4.69) is 28.8 Å². The third kappa shape index (κ3) is 2.29. The van der Waals surface area contributed by atoms with Crippen LogP contribution in [0.1, 0.15) is 0 Å². The van der Waals surface area contributed by atoms with Gasteiger partial charge in [-0.2, -0.15) is 0 Å². The van der Waals surface area contributed by atoms with Crippen molar-refractivity contribution in [2.24, 2.45) is 0 Å². The highest BCUT2D eigenvalue weighted by Crippen LogP contribution is 2.42. The lowest BCUT2D eigenvalue weighted by Gasteiger charge is -2.16. The zero-order valence-corrected chi connectivity index (χ0v) is 14.5. The number of para-hydroxylation sites is 3. The van der Waals surface area contributed by atoms with Crippen molar-refractivity contribution in [2.45, 2.75) is 0 Å². The van der Waals surface area contributed by atoms with E-state index in [-0.39, 0.29) is 11.5 Å². The van der Waals surface area contributed by atoms with Crippen molar-refractivity contribution in [3.63, 3.8) is 0 Å². The van der Waals surface area contributed by atoms with E-state index >= 15 is 0 Å². The minimum Gasteiger partial charge on any atom is -0.507 e. The van der Waals surface area contributed by atoms with E-state index < -0.39 is 0 Å². The first kappa shape index (κ1) is 15.5. The molecule has 4 aromatic carbocycles. The molecule has 0 bridgehead atoms. The van der Waals surface area contributed by atoms with Gasteiger partial charge in [0.2, 0.25) is 0 Å². The summed E-state index contributed by atoms with van der Waals surface area (Å²) in [7, 11) is 0. The molecule has 5 rings (SSSR count). The molecule has 27 heavy (non-hydrogen) atoms. The minimum absolute atomic E-state index is 0.135. The molecule has 0 saturated heterocycles. The Morgan fingerprint density at radius 1 is 0.519 bits per heavy atom. The molecule has 0 atom stereocenters. The van der Waals surface area contributed by atoms with Gasteiger partial charge in [0.05, 0.1) is 22.3 Å². The van der Waals surface area contributed by atoms with Crippen molar-refractivity contribution in [1.29, 1.82) is 0 Å². The van der Waals surface area contributed by atoms with E-state index in [1.165, 1.54) is 0 Å². The van der Waals surface area contributed by atoms with Gasteiger partial charge in [0.15, 0.2) is 0 Å². The maximum Gasteiger partial charge on any atom is 0.125 e. The molecule has 0 fully saturated rings. The SMILES string of the molecule is Oc1ccccc1-c1c(O)cccc1-n1c2ccccc2c2ccccc21. The van der Waals surface area contributed by atoms with Crippen molar-refractivity contribution < 1.29 is 10.2 Å². The molecule has 0 aliphatic heterocycles. The Hall–Kier alpha value is -3.72. The fourth-order valence-electron chi connectivity index (χ4n) is 3.86. The Balaban J connectivity index is 1.95. The molecule has 2 N–H and O–H groups in total. The molecule has 0 radical (unpaired) electrons. The Morgan fingerprint density at radius 3 is 1.74 bits per heavy atom. The average molecular weight is 351 g/mol. The molecule has 3 heteroatoms. The monoisotopic (exact) mass is 351 g/mol. The number of fused-ring (bicyclic) bond motifs is 3. The van der Waals surface area contributed by atoms with Crippen molar-refractivity contribution in [3.05, 3.63) is 91.0 Å². The summed E-state index contributed by atoms with van der Waals surface area (Å²) < 4.78 is 2.14. The van der Waals surface area contributed by atoms with Crippen LogP contribution in [0.5, 0.6) is 11.5 Å². The molecular formula is C24H17NO2. The normalized spacial score (nSPS) is 11.3. The van der Waals surface area contributed by atoms with Crippen LogP contribution in [-0.4, -0.2) is 14.8 Å². The van der Waals surface area contributed by atoms with Gasteiger partial charge < -0.3 is 14.8 Å². The van der Waals surface area contributed by atoms with E-state index in [1.807, 2.05) is 48.5 Å². The summed E-state index contributed by atoms with van der Waals surface area (Å²) in [6.07, 6.45) is 0. The zero-order chi connectivity index (χ0) is 18.4. The van der Waals surface area contributed by atoms with Gasteiger partial charge in [-0.05, 0) is 30.3 Å². The highest BCUT2D eigenvalue weighted by molar-refractivity contribution is 6.09. The van der Waals surface area contributed by atoms with Gasteiger partial charge in [-0.1, -0.05) is 60.7 Å². The van der Waals surface area contributed by atoms with Gasteiger partial charge in [-0.15, -0.1) is 0 Å². The van der Waals surface area contributed by atoms with Gasteiger partial charge in [-0.25, -0.2) is 0 Å². The number of aromatic nitrogens is 1. The van der Waals surface area contributed by atoms with E-state index in [9.17, 15) is 10.2 Å². The lowest BCUT2D eigenvalue weighted by molar-refractivity contribution is 0.469. The van der Waals surface area contributed by atoms with E-state index in [4.69, 9.17) is 0 Å². The molecule has 0 unspecified atom stereocenters. The summed E-state index contributed by atoms with van der Waals surface area (Å²) in [4.78, 5) is 0. The summed E-state index contributed by atoms with van der Waals surface area (Å²) in [6, 6.07) is 29.0. The molecule has 0 amide bonds. The van der Waals surface area contributed by atoms with Gasteiger partial charge in [0.25, 0.3) is 0 Å².